The molecule has 0 aromatic rings. The molecule has 0 bridgehead atoms. The number of hydrogen-bond donors (Lipinski definition) is 0. The average Bonchev–Trinajstić information content (AvgIpc) is 2.12. The summed E-state index contributed by atoms with van der Waals surface area (Å²) >= 11 is 0. The van der Waals surface area contributed by atoms with Crippen LogP contribution in [0.3, 0.4) is 0 Å². The summed E-state index contributed by atoms with van der Waals surface area (Å²) in [6, 6.07) is 0. The fraction of sp³-hybridized carbons (Fsp3) is 1.00. The molecule has 0 saturated heterocycles. The summed E-state index contributed by atoms with van der Waals surface area (Å²) in [5.41, 5.74) is 0. The maximum absolute atomic E-state index is 6.28. The molecule has 1 rings (SSSR count). The van der Waals surface area contributed by atoms with Gasteiger partial charge in [0.25, 0.3) is 0 Å². The minimum absolute atomic E-state index is 0.0869. The molecule has 3 atom stereocenters. The Labute approximate surface area is 84.9 Å². The van der Waals surface area contributed by atoms with Crippen LogP contribution in [-0.4, -0.2) is 7.85 Å². The van der Waals surface area contributed by atoms with Crippen molar-refractivity contribution in [3.05, 3.63) is 0 Å². The van der Waals surface area contributed by atoms with Crippen LogP contribution in [0.2, 0.25) is 5.31 Å². The predicted octanol–water partition coefficient (Wildman–Crippen LogP) is 3.82. The van der Waals surface area contributed by atoms with Gasteiger partial charge < -0.3 is 0 Å². The van der Waals surface area contributed by atoms with E-state index in [9.17, 15) is 0 Å². The molecule has 13 heavy (non-hydrogen) atoms. The summed E-state index contributed by atoms with van der Waals surface area (Å²) in [6.45, 7) is 9.23. The molecule has 0 nitrogen and oxygen atoms in total. The third kappa shape index (κ3) is 2.75. The molecule has 0 aromatic carbocycles. The SMILES string of the molecule is [B]C1(C)CCCC(C(C)C)CC1C. The summed E-state index contributed by atoms with van der Waals surface area (Å²) in [4.78, 5) is 0. The molecule has 1 heteroatoms. The molecule has 0 aliphatic heterocycles. The lowest BCUT2D eigenvalue weighted by Gasteiger charge is -2.31. The van der Waals surface area contributed by atoms with Gasteiger partial charge in [0.1, 0.15) is 0 Å². The van der Waals surface area contributed by atoms with E-state index in [4.69, 9.17) is 7.85 Å². The molecule has 1 saturated carbocycles. The van der Waals surface area contributed by atoms with E-state index in [1.54, 1.807) is 0 Å². The van der Waals surface area contributed by atoms with Crippen LogP contribution in [0.4, 0.5) is 0 Å². The Hall–Kier alpha value is 0.0649. The van der Waals surface area contributed by atoms with Crippen molar-refractivity contribution >= 4 is 7.85 Å². The minimum atomic E-state index is 0.0869. The first-order chi connectivity index (χ1) is 5.93. The van der Waals surface area contributed by atoms with Gasteiger partial charge in [0.15, 0.2) is 0 Å². The maximum atomic E-state index is 6.28. The lowest BCUT2D eigenvalue weighted by Crippen LogP contribution is -2.19. The number of hydrogen-bond acceptors (Lipinski definition) is 0. The molecule has 0 aromatic heterocycles. The van der Waals surface area contributed by atoms with E-state index in [-0.39, 0.29) is 5.31 Å². The van der Waals surface area contributed by atoms with Crippen LogP contribution in [0.5, 0.6) is 0 Å². The van der Waals surface area contributed by atoms with Gasteiger partial charge in [-0.05, 0) is 24.2 Å². The Morgan fingerprint density at radius 3 is 2.54 bits per heavy atom. The Kier molecular flexibility index (Phi) is 3.48. The van der Waals surface area contributed by atoms with Gasteiger partial charge in [0, 0.05) is 0 Å². The van der Waals surface area contributed by atoms with Crippen molar-refractivity contribution in [2.75, 3.05) is 0 Å². The van der Waals surface area contributed by atoms with Crippen LogP contribution in [0.15, 0.2) is 0 Å². The van der Waals surface area contributed by atoms with Crippen molar-refractivity contribution in [3.63, 3.8) is 0 Å². The van der Waals surface area contributed by atoms with E-state index in [0.717, 1.165) is 11.8 Å². The zero-order chi connectivity index (χ0) is 10.1. The molecule has 1 aliphatic carbocycles. The van der Waals surface area contributed by atoms with Crippen LogP contribution >= 0.6 is 0 Å². The molecule has 74 valence electrons. The summed E-state index contributed by atoms with van der Waals surface area (Å²) in [5, 5.41) is 0.0869. The maximum Gasteiger partial charge on any atom is 0.0746 e. The topological polar surface area (TPSA) is 0 Å². The van der Waals surface area contributed by atoms with Crippen molar-refractivity contribution in [1.29, 1.82) is 0 Å². The third-order valence-electron chi connectivity index (χ3n) is 4.02. The molecule has 1 fully saturated rings. The second kappa shape index (κ2) is 4.06. The standard InChI is InChI=1S/C12H23B/c1-9(2)11-6-5-7-12(4,13)10(3)8-11/h9-11H,5-8H2,1-4H3. The van der Waals surface area contributed by atoms with E-state index in [1.807, 2.05) is 0 Å². The smallest absolute Gasteiger partial charge is 0.0674 e. The monoisotopic (exact) mass is 178 g/mol. The second-order valence-corrected chi connectivity index (χ2v) is 5.54. The zero-order valence-electron chi connectivity index (χ0n) is 9.64. The Balaban J connectivity index is 2.61. The van der Waals surface area contributed by atoms with E-state index in [0.29, 0.717) is 5.92 Å². The quantitative estimate of drug-likeness (QED) is 0.423. The highest BCUT2D eigenvalue weighted by molar-refractivity contribution is 6.15. The summed E-state index contributed by atoms with van der Waals surface area (Å²) in [6.07, 6.45) is 5.23. The highest BCUT2D eigenvalue weighted by Crippen LogP contribution is 2.45. The lowest BCUT2D eigenvalue weighted by molar-refractivity contribution is 0.288. The van der Waals surface area contributed by atoms with Crippen LogP contribution in [0.25, 0.3) is 0 Å². The molecule has 0 N–H and O–H groups in total. The molecule has 0 spiro atoms. The van der Waals surface area contributed by atoms with Gasteiger partial charge in [-0.2, -0.15) is 0 Å². The molecular weight excluding hydrogens is 155 g/mol. The average molecular weight is 178 g/mol. The highest BCUT2D eigenvalue weighted by atomic mass is 14.3. The largest absolute Gasteiger partial charge is 0.0746 e. The van der Waals surface area contributed by atoms with E-state index < -0.39 is 0 Å². The fourth-order valence-electron chi connectivity index (χ4n) is 2.44. The van der Waals surface area contributed by atoms with E-state index >= 15 is 0 Å². The first-order valence-electron chi connectivity index (χ1n) is 5.72. The van der Waals surface area contributed by atoms with Gasteiger partial charge in [-0.1, -0.05) is 52.3 Å². The van der Waals surface area contributed by atoms with Crippen molar-refractivity contribution in [2.24, 2.45) is 17.8 Å². The molecule has 0 heterocycles. The highest BCUT2D eigenvalue weighted by Gasteiger charge is 2.31. The van der Waals surface area contributed by atoms with Gasteiger partial charge in [-0.3, -0.25) is 0 Å². The van der Waals surface area contributed by atoms with Crippen molar-refractivity contribution in [1.82, 2.24) is 0 Å². The van der Waals surface area contributed by atoms with Crippen molar-refractivity contribution in [3.8, 4) is 0 Å². The van der Waals surface area contributed by atoms with E-state index in [1.165, 1.54) is 25.7 Å². The van der Waals surface area contributed by atoms with E-state index in [2.05, 4.69) is 27.7 Å². The van der Waals surface area contributed by atoms with Gasteiger partial charge in [-0.25, -0.2) is 0 Å². The Morgan fingerprint density at radius 2 is 2.00 bits per heavy atom. The summed E-state index contributed by atoms with van der Waals surface area (Å²) in [7, 11) is 6.28. The fourth-order valence-corrected chi connectivity index (χ4v) is 2.44. The first kappa shape index (κ1) is 11.1. The van der Waals surface area contributed by atoms with Crippen molar-refractivity contribution in [2.45, 2.75) is 58.7 Å². The lowest BCUT2D eigenvalue weighted by atomic mass is 9.60. The molecular formula is C12H23B. The minimum Gasteiger partial charge on any atom is -0.0674 e. The van der Waals surface area contributed by atoms with Crippen LogP contribution in [0, 0.1) is 17.8 Å². The van der Waals surface area contributed by atoms with Crippen LogP contribution in [-0.2, 0) is 0 Å². The first-order valence-corrected chi connectivity index (χ1v) is 5.72. The third-order valence-corrected chi connectivity index (χ3v) is 4.02. The Bertz CT molecular complexity index is 161. The normalized spacial score (nSPS) is 41.9. The summed E-state index contributed by atoms with van der Waals surface area (Å²) in [5.74, 6) is 2.42. The van der Waals surface area contributed by atoms with Crippen LogP contribution < -0.4 is 0 Å². The second-order valence-electron chi connectivity index (χ2n) is 5.54. The number of rotatable bonds is 1. The van der Waals surface area contributed by atoms with Crippen LogP contribution in [0.1, 0.15) is 53.4 Å². The Morgan fingerprint density at radius 1 is 1.38 bits per heavy atom. The molecule has 1 aliphatic rings. The summed E-state index contributed by atoms with van der Waals surface area (Å²) < 4.78 is 0. The van der Waals surface area contributed by atoms with Gasteiger partial charge in [0.2, 0.25) is 0 Å². The molecule has 3 unspecified atom stereocenters. The van der Waals surface area contributed by atoms with Gasteiger partial charge in [0.05, 0.1) is 7.85 Å². The molecule has 2 radical (unpaired) electrons. The predicted molar refractivity (Wildman–Crippen MR) is 60.1 cm³/mol. The zero-order valence-corrected chi connectivity index (χ0v) is 9.64. The van der Waals surface area contributed by atoms with Crippen molar-refractivity contribution < 1.29 is 0 Å². The molecule has 0 amide bonds. The van der Waals surface area contributed by atoms with Gasteiger partial charge >= 0.3 is 0 Å². The van der Waals surface area contributed by atoms with Gasteiger partial charge in [-0.15, -0.1) is 0 Å².